The van der Waals surface area contributed by atoms with E-state index in [1.54, 1.807) is 0 Å². The van der Waals surface area contributed by atoms with Crippen LogP contribution < -0.4 is 5.32 Å². The Bertz CT molecular complexity index is 349. The summed E-state index contributed by atoms with van der Waals surface area (Å²) in [5.74, 6) is 0. The molecule has 1 unspecified atom stereocenters. The van der Waals surface area contributed by atoms with E-state index in [-0.39, 0.29) is 0 Å². The fourth-order valence-corrected chi connectivity index (χ4v) is 2.50. The topological polar surface area (TPSA) is 15.3 Å². The van der Waals surface area contributed by atoms with E-state index in [1.165, 1.54) is 36.9 Å². The first-order chi connectivity index (χ1) is 9.17. The van der Waals surface area contributed by atoms with Crippen LogP contribution >= 0.6 is 0 Å². The van der Waals surface area contributed by atoms with Gasteiger partial charge < -0.3 is 10.2 Å². The minimum atomic E-state index is 0.692. The van der Waals surface area contributed by atoms with Gasteiger partial charge in [-0.1, -0.05) is 38.1 Å². The van der Waals surface area contributed by atoms with Crippen molar-refractivity contribution in [3.63, 3.8) is 0 Å². The smallest absolute Gasteiger partial charge is 0.0233 e. The fraction of sp³-hybridized carbons (Fsp3) is 0.647. The largest absolute Gasteiger partial charge is 0.314 e. The first-order valence-corrected chi connectivity index (χ1v) is 7.63. The number of nitrogens with one attached hydrogen (secondary N) is 1. The van der Waals surface area contributed by atoms with Crippen molar-refractivity contribution >= 4 is 0 Å². The van der Waals surface area contributed by atoms with Gasteiger partial charge in [-0.25, -0.2) is 0 Å². The normalized spacial score (nSPS) is 12.9. The fourth-order valence-electron chi connectivity index (χ4n) is 2.50. The van der Waals surface area contributed by atoms with E-state index in [2.05, 4.69) is 62.3 Å². The van der Waals surface area contributed by atoms with E-state index in [0.717, 1.165) is 13.1 Å². The molecule has 0 heterocycles. The molecule has 19 heavy (non-hydrogen) atoms. The summed E-state index contributed by atoms with van der Waals surface area (Å²) in [5.41, 5.74) is 2.84. The van der Waals surface area contributed by atoms with Crippen LogP contribution in [0.4, 0.5) is 0 Å². The zero-order valence-corrected chi connectivity index (χ0v) is 13.1. The molecule has 0 aliphatic rings. The molecule has 0 fully saturated rings. The van der Waals surface area contributed by atoms with Gasteiger partial charge in [-0.15, -0.1) is 0 Å². The highest BCUT2D eigenvalue weighted by atomic mass is 15.1. The molecule has 0 bridgehead atoms. The molecule has 0 aliphatic carbocycles. The number of rotatable bonds is 9. The lowest BCUT2D eigenvalue weighted by Crippen LogP contribution is -2.29. The van der Waals surface area contributed by atoms with E-state index in [4.69, 9.17) is 0 Å². The molecule has 1 aromatic rings. The maximum Gasteiger partial charge on any atom is 0.0233 e. The van der Waals surface area contributed by atoms with Crippen LogP contribution in [-0.4, -0.2) is 31.1 Å². The molecule has 0 aromatic heterocycles. The monoisotopic (exact) mass is 262 g/mol. The standard InChI is InChI=1S/C17H30N2/c1-5-17(18-6-2)12-9-13-19(4)14-16-11-8-7-10-15(16)3/h7-8,10-11,17-18H,5-6,9,12-14H2,1-4H3. The third-order valence-corrected chi connectivity index (χ3v) is 3.78. The summed E-state index contributed by atoms with van der Waals surface area (Å²) in [6.07, 6.45) is 3.78. The van der Waals surface area contributed by atoms with Crippen LogP contribution in [0.25, 0.3) is 0 Å². The van der Waals surface area contributed by atoms with Gasteiger partial charge in [0.1, 0.15) is 0 Å². The molecule has 0 radical (unpaired) electrons. The zero-order chi connectivity index (χ0) is 14.1. The van der Waals surface area contributed by atoms with Crippen molar-refractivity contribution < 1.29 is 0 Å². The maximum absolute atomic E-state index is 3.55. The van der Waals surface area contributed by atoms with E-state index < -0.39 is 0 Å². The molecule has 1 atom stereocenters. The Labute approximate surface area is 119 Å². The minimum Gasteiger partial charge on any atom is -0.314 e. The van der Waals surface area contributed by atoms with Crippen LogP contribution in [0.1, 0.15) is 44.2 Å². The summed E-state index contributed by atoms with van der Waals surface area (Å²) in [5, 5.41) is 3.55. The molecule has 2 heteroatoms. The molecule has 1 N–H and O–H groups in total. The third-order valence-electron chi connectivity index (χ3n) is 3.78. The van der Waals surface area contributed by atoms with Gasteiger partial charge in [0.15, 0.2) is 0 Å². The van der Waals surface area contributed by atoms with Crippen molar-refractivity contribution in [1.29, 1.82) is 0 Å². The third kappa shape index (κ3) is 6.22. The van der Waals surface area contributed by atoms with Crippen LogP contribution in [0, 0.1) is 6.92 Å². The lowest BCUT2D eigenvalue weighted by atomic mass is 10.1. The van der Waals surface area contributed by atoms with Crippen molar-refractivity contribution in [3.8, 4) is 0 Å². The molecule has 1 rings (SSSR count). The predicted molar refractivity (Wildman–Crippen MR) is 84.5 cm³/mol. The lowest BCUT2D eigenvalue weighted by molar-refractivity contribution is 0.307. The maximum atomic E-state index is 3.55. The highest BCUT2D eigenvalue weighted by Gasteiger charge is 2.06. The van der Waals surface area contributed by atoms with Crippen LogP contribution in [0.5, 0.6) is 0 Å². The van der Waals surface area contributed by atoms with Gasteiger partial charge in [-0.2, -0.15) is 0 Å². The van der Waals surface area contributed by atoms with Gasteiger partial charge in [-0.05, 0) is 57.5 Å². The highest BCUT2D eigenvalue weighted by Crippen LogP contribution is 2.10. The van der Waals surface area contributed by atoms with Gasteiger partial charge in [0.2, 0.25) is 0 Å². The second-order valence-corrected chi connectivity index (χ2v) is 5.47. The zero-order valence-electron chi connectivity index (χ0n) is 13.1. The quantitative estimate of drug-likeness (QED) is 0.731. The van der Waals surface area contributed by atoms with Crippen LogP contribution in [0.15, 0.2) is 24.3 Å². The SMILES string of the molecule is CCNC(CC)CCCN(C)Cc1ccccc1C. The molecule has 1 aromatic carbocycles. The van der Waals surface area contributed by atoms with E-state index in [9.17, 15) is 0 Å². The van der Waals surface area contributed by atoms with Crippen molar-refractivity contribution in [2.24, 2.45) is 0 Å². The molecular formula is C17H30N2. The van der Waals surface area contributed by atoms with Crippen molar-refractivity contribution in [2.75, 3.05) is 20.1 Å². The van der Waals surface area contributed by atoms with Gasteiger partial charge in [-0.3, -0.25) is 0 Å². The number of benzene rings is 1. The summed E-state index contributed by atoms with van der Waals surface area (Å²) < 4.78 is 0. The van der Waals surface area contributed by atoms with E-state index >= 15 is 0 Å². The van der Waals surface area contributed by atoms with Crippen LogP contribution in [0.2, 0.25) is 0 Å². The Kier molecular flexibility index (Phi) is 7.76. The van der Waals surface area contributed by atoms with Gasteiger partial charge in [0, 0.05) is 12.6 Å². The minimum absolute atomic E-state index is 0.692. The Balaban J connectivity index is 2.28. The summed E-state index contributed by atoms with van der Waals surface area (Å²) in [4.78, 5) is 2.43. The Hall–Kier alpha value is -0.860. The second-order valence-electron chi connectivity index (χ2n) is 5.47. The summed E-state index contributed by atoms with van der Waals surface area (Å²) >= 11 is 0. The van der Waals surface area contributed by atoms with Crippen molar-refractivity contribution in [2.45, 2.75) is 52.6 Å². The Morgan fingerprint density at radius 2 is 1.95 bits per heavy atom. The van der Waals surface area contributed by atoms with Crippen LogP contribution in [0.3, 0.4) is 0 Å². The summed E-state index contributed by atoms with van der Waals surface area (Å²) in [6.45, 7) is 9.97. The summed E-state index contributed by atoms with van der Waals surface area (Å²) in [7, 11) is 2.22. The highest BCUT2D eigenvalue weighted by molar-refractivity contribution is 5.25. The molecule has 108 valence electrons. The first-order valence-electron chi connectivity index (χ1n) is 7.63. The van der Waals surface area contributed by atoms with E-state index in [0.29, 0.717) is 6.04 Å². The average molecular weight is 262 g/mol. The molecule has 0 aliphatic heterocycles. The van der Waals surface area contributed by atoms with Gasteiger partial charge in [0.25, 0.3) is 0 Å². The van der Waals surface area contributed by atoms with Crippen molar-refractivity contribution in [1.82, 2.24) is 10.2 Å². The molecule has 0 spiro atoms. The summed E-state index contributed by atoms with van der Waals surface area (Å²) in [6, 6.07) is 9.37. The van der Waals surface area contributed by atoms with Crippen LogP contribution in [-0.2, 0) is 6.54 Å². The Morgan fingerprint density at radius 3 is 2.58 bits per heavy atom. The molecule has 0 amide bonds. The molecular weight excluding hydrogens is 232 g/mol. The van der Waals surface area contributed by atoms with Crippen molar-refractivity contribution in [3.05, 3.63) is 35.4 Å². The number of aryl methyl sites for hydroxylation is 1. The molecule has 0 saturated carbocycles. The molecule has 2 nitrogen and oxygen atoms in total. The van der Waals surface area contributed by atoms with Gasteiger partial charge >= 0.3 is 0 Å². The second kappa shape index (κ2) is 9.11. The Morgan fingerprint density at radius 1 is 1.21 bits per heavy atom. The van der Waals surface area contributed by atoms with E-state index in [1.807, 2.05) is 0 Å². The van der Waals surface area contributed by atoms with Gasteiger partial charge in [0.05, 0.1) is 0 Å². The number of hydrogen-bond acceptors (Lipinski definition) is 2. The lowest BCUT2D eigenvalue weighted by Gasteiger charge is -2.20. The predicted octanol–water partition coefficient (Wildman–Crippen LogP) is 3.60. The first kappa shape index (κ1) is 16.2. The number of hydrogen-bond donors (Lipinski definition) is 1. The molecule has 0 saturated heterocycles. The average Bonchev–Trinajstić information content (AvgIpc) is 2.40. The number of nitrogens with zero attached hydrogens (tertiary/aromatic N) is 1.